The summed E-state index contributed by atoms with van der Waals surface area (Å²) in [5, 5.41) is 4.43. The highest BCUT2D eigenvalue weighted by Gasteiger charge is 2.50. The Morgan fingerprint density at radius 3 is 2.67 bits per heavy atom. The second-order valence-electron chi connectivity index (χ2n) is 7.28. The molecule has 0 aliphatic heterocycles. The van der Waals surface area contributed by atoms with Crippen LogP contribution in [0.15, 0.2) is 18.3 Å². The molecule has 3 aliphatic carbocycles. The molecule has 1 fully saturated rings. The van der Waals surface area contributed by atoms with Gasteiger partial charge in [-0.25, -0.2) is 5.06 Å². The predicted octanol–water partition coefficient (Wildman–Crippen LogP) is 3.20. The summed E-state index contributed by atoms with van der Waals surface area (Å²) >= 11 is 0. The zero-order chi connectivity index (χ0) is 20.0. The van der Waals surface area contributed by atoms with E-state index in [1.807, 2.05) is 6.08 Å². The number of methoxy groups -OCH3 is 1. The number of carbonyl (C=O) groups is 1. The molecule has 1 aromatic heterocycles. The normalized spacial score (nSPS) is 28.4. The van der Waals surface area contributed by atoms with Gasteiger partial charge in [0.15, 0.2) is 5.69 Å². The molecule has 4 atom stereocenters. The molecule has 1 heterocycles. The van der Waals surface area contributed by atoms with Gasteiger partial charge in [-0.1, -0.05) is 12.2 Å². The van der Waals surface area contributed by atoms with Gasteiger partial charge in [-0.3, -0.25) is 14.3 Å². The van der Waals surface area contributed by atoms with Gasteiger partial charge < -0.3 is 4.74 Å². The maximum atomic E-state index is 13.3. The second-order valence-corrected chi connectivity index (χ2v) is 7.28. The van der Waals surface area contributed by atoms with Crippen molar-refractivity contribution in [1.29, 1.82) is 0 Å². The largest absolute Gasteiger partial charge is 0.435 e. The van der Waals surface area contributed by atoms with Crippen LogP contribution in [0, 0.1) is 11.8 Å². The fourth-order valence-corrected chi connectivity index (χ4v) is 4.42. The molecule has 1 saturated carbocycles. The summed E-state index contributed by atoms with van der Waals surface area (Å²) in [4.78, 5) is 18.2. The van der Waals surface area contributed by atoms with Gasteiger partial charge in [-0.2, -0.15) is 18.3 Å². The van der Waals surface area contributed by atoms with Gasteiger partial charge in [0.25, 0.3) is 5.91 Å². The van der Waals surface area contributed by atoms with Crippen molar-refractivity contribution >= 4 is 5.91 Å². The molecule has 2 bridgehead atoms. The van der Waals surface area contributed by atoms with Crippen LogP contribution in [0.25, 0.3) is 0 Å². The van der Waals surface area contributed by atoms with Crippen molar-refractivity contribution in [2.75, 3.05) is 14.2 Å². The summed E-state index contributed by atoms with van der Waals surface area (Å²) in [6.07, 6.45) is 3.09. The summed E-state index contributed by atoms with van der Waals surface area (Å²) in [7, 11) is 4.25. The second kappa shape index (κ2) is 6.94. The highest BCUT2D eigenvalue weighted by molar-refractivity contribution is 5.94. The molecule has 6 nitrogen and oxygen atoms in total. The first-order valence-corrected chi connectivity index (χ1v) is 8.86. The zero-order valence-electron chi connectivity index (χ0n) is 15.8. The molecular weight excluding hydrogens is 363 g/mol. The Kier molecular flexibility index (Phi) is 5.11. The van der Waals surface area contributed by atoms with E-state index in [0.717, 1.165) is 35.2 Å². The van der Waals surface area contributed by atoms with Crippen LogP contribution in [0.1, 0.15) is 42.2 Å². The molecule has 27 heavy (non-hydrogen) atoms. The molecule has 4 unspecified atom stereocenters. The number of aryl methyl sites for hydroxylation is 1. The smallest absolute Gasteiger partial charge is 0.374 e. The van der Waals surface area contributed by atoms with E-state index in [1.165, 1.54) is 14.2 Å². The number of fused-ring (bicyclic) bond motifs is 2. The number of rotatable bonds is 5. The molecular formula is C18H24F3N3O3. The minimum absolute atomic E-state index is 0.0823. The van der Waals surface area contributed by atoms with Crippen molar-refractivity contribution in [3.63, 3.8) is 0 Å². The van der Waals surface area contributed by atoms with Crippen LogP contribution in [0.3, 0.4) is 0 Å². The number of ether oxygens (including phenoxy) is 1. The lowest BCUT2D eigenvalue weighted by Gasteiger charge is -2.50. The molecule has 9 heteroatoms. The Morgan fingerprint density at radius 1 is 1.44 bits per heavy atom. The summed E-state index contributed by atoms with van der Waals surface area (Å²) in [5.41, 5.74) is -2.27. The number of hydrogen-bond acceptors (Lipinski definition) is 4. The van der Waals surface area contributed by atoms with E-state index in [4.69, 9.17) is 9.57 Å². The van der Waals surface area contributed by atoms with Gasteiger partial charge in [-0.15, -0.1) is 0 Å². The number of halogens is 3. The van der Waals surface area contributed by atoms with Crippen LogP contribution in [-0.2, 0) is 22.8 Å². The fraction of sp³-hybridized carbons (Fsp3) is 0.667. The summed E-state index contributed by atoms with van der Waals surface area (Å²) in [6.45, 7) is 1.78. The Bertz CT molecular complexity index is 746. The van der Waals surface area contributed by atoms with E-state index in [9.17, 15) is 18.0 Å². The predicted molar refractivity (Wildman–Crippen MR) is 90.6 cm³/mol. The Labute approximate surface area is 155 Å². The lowest BCUT2D eigenvalue weighted by Crippen LogP contribution is -2.55. The number of allylic oxidation sites excluding steroid dienone is 1. The number of alkyl halides is 3. The van der Waals surface area contributed by atoms with Crippen LogP contribution in [0.5, 0.6) is 0 Å². The lowest BCUT2D eigenvalue weighted by atomic mass is 9.63. The number of aromatic nitrogens is 2. The quantitative estimate of drug-likeness (QED) is 0.575. The monoisotopic (exact) mass is 387 g/mol. The Morgan fingerprint density at radius 2 is 2.15 bits per heavy atom. The molecule has 1 amide bonds. The molecule has 0 radical (unpaired) electrons. The third-order valence-electron chi connectivity index (χ3n) is 5.80. The fourth-order valence-electron chi connectivity index (χ4n) is 4.42. The molecule has 0 spiro atoms. The summed E-state index contributed by atoms with van der Waals surface area (Å²) in [5.74, 6) is -0.560. The maximum absolute atomic E-state index is 13.3. The van der Waals surface area contributed by atoms with Crippen LogP contribution in [0.4, 0.5) is 13.2 Å². The number of hydrogen-bond donors (Lipinski definition) is 0. The number of amides is 1. The maximum Gasteiger partial charge on any atom is 0.435 e. The molecule has 0 saturated heterocycles. The Balaban J connectivity index is 1.92. The molecule has 4 rings (SSSR count). The van der Waals surface area contributed by atoms with Crippen molar-refractivity contribution in [2.45, 2.75) is 44.0 Å². The summed E-state index contributed by atoms with van der Waals surface area (Å²) in [6, 6.07) is -0.475. The summed E-state index contributed by atoms with van der Waals surface area (Å²) < 4.78 is 46.6. The molecule has 0 aromatic carbocycles. The Hall–Kier alpha value is -1.87. The SMILES string of the molecule is CON(C(=O)c1cn(C)nc1C(F)(F)F)C(C)C1CC2C=CC1(OC)CC2. The number of carbonyl (C=O) groups excluding carboxylic acids is 1. The van der Waals surface area contributed by atoms with Crippen LogP contribution < -0.4 is 0 Å². The van der Waals surface area contributed by atoms with Gasteiger partial charge in [0.1, 0.15) is 0 Å². The third kappa shape index (κ3) is 3.38. The van der Waals surface area contributed by atoms with Gasteiger partial charge >= 0.3 is 6.18 Å². The van der Waals surface area contributed by atoms with Gasteiger partial charge in [0, 0.05) is 26.3 Å². The highest BCUT2D eigenvalue weighted by atomic mass is 19.4. The van der Waals surface area contributed by atoms with E-state index >= 15 is 0 Å². The topological polar surface area (TPSA) is 56.6 Å². The van der Waals surface area contributed by atoms with Crippen molar-refractivity contribution in [3.05, 3.63) is 29.6 Å². The first-order valence-electron chi connectivity index (χ1n) is 8.86. The number of hydroxylamine groups is 2. The minimum atomic E-state index is -4.73. The van der Waals surface area contributed by atoms with Crippen molar-refractivity contribution in [2.24, 2.45) is 18.9 Å². The van der Waals surface area contributed by atoms with Crippen molar-refractivity contribution in [1.82, 2.24) is 14.8 Å². The van der Waals surface area contributed by atoms with Crippen LogP contribution in [-0.4, -0.2) is 46.6 Å². The lowest BCUT2D eigenvalue weighted by molar-refractivity contribution is -0.167. The molecule has 150 valence electrons. The first-order chi connectivity index (χ1) is 12.6. The average Bonchev–Trinajstić information content (AvgIpc) is 3.05. The molecule has 0 N–H and O–H groups in total. The first kappa shape index (κ1) is 19.9. The average molecular weight is 387 g/mol. The van der Waals surface area contributed by atoms with Crippen LogP contribution in [0.2, 0.25) is 0 Å². The van der Waals surface area contributed by atoms with Gasteiger partial charge in [0.05, 0.1) is 24.3 Å². The van der Waals surface area contributed by atoms with E-state index in [-0.39, 0.29) is 5.92 Å². The van der Waals surface area contributed by atoms with Crippen molar-refractivity contribution < 1.29 is 27.5 Å². The third-order valence-corrected chi connectivity index (χ3v) is 5.80. The minimum Gasteiger partial charge on any atom is -0.374 e. The zero-order valence-corrected chi connectivity index (χ0v) is 15.8. The van der Waals surface area contributed by atoms with Gasteiger partial charge in [0.2, 0.25) is 0 Å². The standard InChI is InChI=1S/C18H24F3N3O3/c1-11(14-9-12-5-7-17(14,26-3)8-6-12)24(27-4)16(25)13-10-23(2)22-15(13)18(19,20)21/h5,7,10-12,14H,6,8-9H2,1-4H3. The van der Waals surface area contributed by atoms with Crippen molar-refractivity contribution in [3.8, 4) is 0 Å². The van der Waals surface area contributed by atoms with E-state index in [1.54, 1.807) is 14.0 Å². The van der Waals surface area contributed by atoms with E-state index in [0.29, 0.717) is 5.92 Å². The van der Waals surface area contributed by atoms with Crippen LogP contribution >= 0.6 is 0 Å². The van der Waals surface area contributed by atoms with E-state index in [2.05, 4.69) is 11.2 Å². The number of nitrogens with zero attached hydrogens (tertiary/aromatic N) is 3. The molecule has 3 aliphatic rings. The van der Waals surface area contributed by atoms with Gasteiger partial charge in [-0.05, 0) is 32.1 Å². The molecule has 1 aromatic rings. The van der Waals surface area contributed by atoms with E-state index < -0.39 is 35.0 Å². The highest BCUT2D eigenvalue weighted by Crippen LogP contribution is 2.48.